The van der Waals surface area contributed by atoms with E-state index in [9.17, 15) is 9.59 Å². The first-order valence-corrected chi connectivity index (χ1v) is 8.55. The second kappa shape index (κ2) is 7.13. The summed E-state index contributed by atoms with van der Waals surface area (Å²) in [7, 11) is 1.73. The largest absolute Gasteiger partial charge is 0.478 e. The van der Waals surface area contributed by atoms with Gasteiger partial charge in [-0.25, -0.2) is 4.79 Å². The number of hydrogen-bond acceptors (Lipinski definition) is 3. The Bertz CT molecular complexity index is 759. The molecule has 5 nitrogen and oxygen atoms in total. The number of rotatable bonds is 6. The molecule has 0 radical (unpaired) electrons. The first-order chi connectivity index (χ1) is 11.9. The van der Waals surface area contributed by atoms with Crippen LogP contribution in [0, 0.1) is 12.8 Å². The lowest BCUT2D eigenvalue weighted by atomic mass is 9.70. The standard InChI is InChI=1S/C20H23NO4/c1-13-18(20(23)24)11-17(25-13)12-21(2)19(22)10-14-8-16(9-14)15-6-4-3-5-7-15/h3-7,11,14,16H,8-10,12H2,1-2H3,(H,23,24). The fourth-order valence-electron chi connectivity index (χ4n) is 3.46. The van der Waals surface area contributed by atoms with E-state index in [0.717, 1.165) is 12.8 Å². The van der Waals surface area contributed by atoms with Crippen LogP contribution in [0.1, 0.15) is 52.6 Å². The van der Waals surface area contributed by atoms with Gasteiger partial charge in [0.2, 0.25) is 5.91 Å². The first kappa shape index (κ1) is 17.3. The molecule has 0 saturated heterocycles. The van der Waals surface area contributed by atoms with E-state index in [4.69, 9.17) is 9.52 Å². The Kier molecular flexibility index (Phi) is 4.93. The van der Waals surface area contributed by atoms with Crippen molar-refractivity contribution >= 4 is 11.9 Å². The molecule has 0 spiro atoms. The van der Waals surface area contributed by atoms with E-state index >= 15 is 0 Å². The Hall–Kier alpha value is -2.56. The smallest absolute Gasteiger partial charge is 0.339 e. The number of amides is 1. The maximum atomic E-state index is 12.4. The molecule has 1 aromatic carbocycles. The van der Waals surface area contributed by atoms with Gasteiger partial charge in [-0.3, -0.25) is 4.79 Å². The number of carbonyl (C=O) groups excluding carboxylic acids is 1. The van der Waals surface area contributed by atoms with Crippen LogP contribution >= 0.6 is 0 Å². The second-order valence-electron chi connectivity index (χ2n) is 6.89. The van der Waals surface area contributed by atoms with Gasteiger partial charge in [0.15, 0.2) is 0 Å². The minimum absolute atomic E-state index is 0.0717. The molecule has 0 bridgehead atoms. The quantitative estimate of drug-likeness (QED) is 0.867. The Morgan fingerprint density at radius 2 is 1.92 bits per heavy atom. The predicted molar refractivity (Wildman–Crippen MR) is 93.4 cm³/mol. The van der Waals surface area contributed by atoms with Crippen LogP contribution < -0.4 is 0 Å². The number of furan rings is 1. The van der Waals surface area contributed by atoms with Crippen LogP contribution in [0.3, 0.4) is 0 Å². The van der Waals surface area contributed by atoms with Crippen LogP contribution in [-0.4, -0.2) is 28.9 Å². The van der Waals surface area contributed by atoms with Crippen LogP contribution in [0.5, 0.6) is 0 Å². The highest BCUT2D eigenvalue weighted by atomic mass is 16.4. The topological polar surface area (TPSA) is 70.8 Å². The van der Waals surface area contributed by atoms with Crippen LogP contribution in [0.15, 0.2) is 40.8 Å². The third-order valence-corrected chi connectivity index (χ3v) is 4.99. The molecule has 1 N–H and O–H groups in total. The number of aryl methyl sites for hydroxylation is 1. The summed E-state index contributed by atoms with van der Waals surface area (Å²) in [6, 6.07) is 11.9. The molecule has 2 aromatic rings. The van der Waals surface area contributed by atoms with Gasteiger partial charge in [-0.05, 0) is 43.2 Å². The van der Waals surface area contributed by atoms with Crippen molar-refractivity contribution in [3.63, 3.8) is 0 Å². The average molecular weight is 341 g/mol. The van der Waals surface area contributed by atoms with Crippen molar-refractivity contribution in [1.82, 2.24) is 4.90 Å². The van der Waals surface area contributed by atoms with Crippen LogP contribution in [0.4, 0.5) is 0 Å². The molecule has 1 heterocycles. The monoisotopic (exact) mass is 341 g/mol. The third kappa shape index (κ3) is 3.92. The maximum absolute atomic E-state index is 12.4. The van der Waals surface area contributed by atoms with E-state index in [1.165, 1.54) is 11.6 Å². The molecule has 132 valence electrons. The van der Waals surface area contributed by atoms with Gasteiger partial charge in [-0.1, -0.05) is 30.3 Å². The molecule has 0 atom stereocenters. The maximum Gasteiger partial charge on any atom is 0.339 e. The van der Waals surface area contributed by atoms with Crippen LogP contribution in [0.25, 0.3) is 0 Å². The molecule has 1 amide bonds. The third-order valence-electron chi connectivity index (χ3n) is 4.99. The average Bonchev–Trinajstić information content (AvgIpc) is 2.91. The van der Waals surface area contributed by atoms with E-state index in [0.29, 0.717) is 36.3 Å². The molecule has 1 aliphatic carbocycles. The van der Waals surface area contributed by atoms with Crippen LogP contribution in [0.2, 0.25) is 0 Å². The summed E-state index contributed by atoms with van der Waals surface area (Å²) in [4.78, 5) is 25.1. The Balaban J connectivity index is 1.49. The van der Waals surface area contributed by atoms with E-state index < -0.39 is 5.97 Å². The molecule has 5 heteroatoms. The molecular formula is C20H23NO4. The van der Waals surface area contributed by atoms with Crippen LogP contribution in [-0.2, 0) is 11.3 Å². The van der Waals surface area contributed by atoms with E-state index in [1.807, 2.05) is 6.07 Å². The Labute approximate surface area is 147 Å². The number of hydrogen-bond donors (Lipinski definition) is 1. The van der Waals surface area contributed by atoms with Gasteiger partial charge in [-0.15, -0.1) is 0 Å². The molecule has 1 aromatic heterocycles. The zero-order valence-electron chi connectivity index (χ0n) is 14.6. The van der Waals surface area contributed by atoms with Gasteiger partial charge < -0.3 is 14.4 Å². The van der Waals surface area contributed by atoms with Gasteiger partial charge >= 0.3 is 5.97 Å². The summed E-state index contributed by atoms with van der Waals surface area (Å²) < 4.78 is 5.44. The van der Waals surface area contributed by atoms with Gasteiger partial charge in [0.1, 0.15) is 17.1 Å². The number of carboxylic acids is 1. The second-order valence-corrected chi connectivity index (χ2v) is 6.89. The molecule has 3 rings (SSSR count). The van der Waals surface area contributed by atoms with Gasteiger partial charge in [-0.2, -0.15) is 0 Å². The minimum Gasteiger partial charge on any atom is -0.478 e. The summed E-state index contributed by atoms with van der Waals surface area (Å²) >= 11 is 0. The van der Waals surface area contributed by atoms with Crippen molar-refractivity contribution in [1.29, 1.82) is 0 Å². The zero-order chi connectivity index (χ0) is 18.0. The van der Waals surface area contributed by atoms with E-state index in [2.05, 4.69) is 24.3 Å². The summed E-state index contributed by atoms with van der Waals surface area (Å²) in [5, 5.41) is 9.06. The van der Waals surface area contributed by atoms with Gasteiger partial charge in [0.25, 0.3) is 0 Å². The molecule has 0 aliphatic heterocycles. The van der Waals surface area contributed by atoms with Gasteiger partial charge in [0, 0.05) is 13.5 Å². The number of carbonyl (C=O) groups is 2. The van der Waals surface area contributed by atoms with Crippen molar-refractivity contribution in [2.45, 2.75) is 38.6 Å². The summed E-state index contributed by atoms with van der Waals surface area (Å²) in [5.74, 6) is 0.920. The molecule has 1 saturated carbocycles. The van der Waals surface area contributed by atoms with Crippen molar-refractivity contribution in [2.24, 2.45) is 5.92 Å². The lowest BCUT2D eigenvalue weighted by Crippen LogP contribution is -2.32. The highest BCUT2D eigenvalue weighted by Gasteiger charge is 2.32. The van der Waals surface area contributed by atoms with Crippen molar-refractivity contribution in [3.8, 4) is 0 Å². The molecule has 1 fully saturated rings. The molecule has 1 aliphatic rings. The number of nitrogens with zero attached hydrogens (tertiary/aromatic N) is 1. The van der Waals surface area contributed by atoms with Crippen molar-refractivity contribution in [3.05, 3.63) is 59.0 Å². The molecular weight excluding hydrogens is 318 g/mol. The SMILES string of the molecule is Cc1oc(CN(C)C(=O)CC2CC(c3ccccc3)C2)cc1C(=O)O. The summed E-state index contributed by atoms with van der Waals surface area (Å²) in [5.41, 5.74) is 1.51. The van der Waals surface area contributed by atoms with Crippen molar-refractivity contribution in [2.75, 3.05) is 7.05 Å². The fraction of sp³-hybridized carbons (Fsp3) is 0.400. The van der Waals surface area contributed by atoms with E-state index in [1.54, 1.807) is 18.9 Å². The van der Waals surface area contributed by atoms with E-state index in [-0.39, 0.29) is 11.5 Å². The lowest BCUT2D eigenvalue weighted by molar-refractivity contribution is -0.132. The number of benzene rings is 1. The Morgan fingerprint density at radius 3 is 2.52 bits per heavy atom. The van der Waals surface area contributed by atoms with Gasteiger partial charge in [0.05, 0.1) is 6.54 Å². The highest BCUT2D eigenvalue weighted by Crippen LogP contribution is 2.43. The Morgan fingerprint density at radius 1 is 1.24 bits per heavy atom. The molecule has 25 heavy (non-hydrogen) atoms. The first-order valence-electron chi connectivity index (χ1n) is 8.55. The summed E-state index contributed by atoms with van der Waals surface area (Å²) in [6.07, 6.45) is 2.63. The zero-order valence-corrected chi connectivity index (χ0v) is 14.6. The number of carboxylic acid groups (broad SMARTS) is 1. The van der Waals surface area contributed by atoms with Crippen molar-refractivity contribution < 1.29 is 19.1 Å². The normalized spacial score (nSPS) is 19.3. The minimum atomic E-state index is -1.01. The lowest BCUT2D eigenvalue weighted by Gasteiger charge is -2.36. The highest BCUT2D eigenvalue weighted by molar-refractivity contribution is 5.88. The predicted octanol–water partition coefficient (Wildman–Crippen LogP) is 3.83. The number of aromatic carboxylic acids is 1. The fourth-order valence-corrected chi connectivity index (χ4v) is 3.46. The summed E-state index contributed by atoms with van der Waals surface area (Å²) in [6.45, 7) is 1.91. The molecule has 0 unspecified atom stereocenters.